The van der Waals surface area contributed by atoms with E-state index in [0.717, 1.165) is 41.2 Å². The molecule has 4 rings (SSSR count). The van der Waals surface area contributed by atoms with Gasteiger partial charge in [-0.2, -0.15) is 13.2 Å². The van der Waals surface area contributed by atoms with Gasteiger partial charge in [0.1, 0.15) is 11.8 Å². The average molecular weight is 462 g/mol. The van der Waals surface area contributed by atoms with Crippen molar-refractivity contribution in [2.75, 3.05) is 13.1 Å². The summed E-state index contributed by atoms with van der Waals surface area (Å²) in [6, 6.07) is 12.3. The van der Waals surface area contributed by atoms with Crippen LogP contribution in [0.2, 0.25) is 0 Å². The standard InChI is InChI=1S/C22H22F3N5OS/c23-22(24,25)15-30-19(17-9-11-26-12-10-17)27-28-21(30)32-18(16-7-3-1-4-8-16)20(31)29-13-5-2-6-14-29/h1,3-4,7-12,18H,2,5-6,13-15H2. The highest BCUT2D eigenvalue weighted by Crippen LogP contribution is 2.38. The summed E-state index contributed by atoms with van der Waals surface area (Å²) < 4.78 is 41.3. The van der Waals surface area contributed by atoms with Gasteiger partial charge in [-0.1, -0.05) is 42.1 Å². The van der Waals surface area contributed by atoms with Crippen LogP contribution in [0.1, 0.15) is 30.1 Å². The van der Waals surface area contributed by atoms with Crippen molar-refractivity contribution >= 4 is 17.7 Å². The number of hydrogen-bond donors (Lipinski definition) is 0. The predicted octanol–water partition coefficient (Wildman–Crippen LogP) is 4.75. The topological polar surface area (TPSA) is 63.9 Å². The number of carbonyl (C=O) groups excluding carboxylic acids is 1. The number of aromatic nitrogens is 4. The van der Waals surface area contributed by atoms with Crippen LogP contribution in [-0.2, 0) is 11.3 Å². The molecule has 6 nitrogen and oxygen atoms in total. The van der Waals surface area contributed by atoms with Crippen LogP contribution in [0.3, 0.4) is 0 Å². The molecule has 0 bridgehead atoms. The molecule has 0 spiro atoms. The van der Waals surface area contributed by atoms with Crippen molar-refractivity contribution in [3.05, 3.63) is 60.4 Å². The normalized spacial score (nSPS) is 15.5. The van der Waals surface area contributed by atoms with Crippen LogP contribution in [0, 0.1) is 0 Å². The Morgan fingerprint density at radius 1 is 1.00 bits per heavy atom. The number of piperidine rings is 1. The van der Waals surface area contributed by atoms with E-state index in [-0.39, 0.29) is 16.9 Å². The highest BCUT2D eigenvalue weighted by Gasteiger charge is 2.34. The summed E-state index contributed by atoms with van der Waals surface area (Å²) in [5, 5.41) is 7.42. The maximum absolute atomic E-state index is 13.4. The van der Waals surface area contributed by atoms with E-state index in [4.69, 9.17) is 0 Å². The molecule has 1 aromatic carbocycles. The van der Waals surface area contributed by atoms with Crippen molar-refractivity contribution in [2.24, 2.45) is 0 Å². The molecule has 2 aromatic heterocycles. The molecule has 1 saturated heterocycles. The largest absolute Gasteiger partial charge is 0.406 e. The first-order valence-corrected chi connectivity index (χ1v) is 11.2. The molecular weight excluding hydrogens is 439 g/mol. The number of halogens is 3. The van der Waals surface area contributed by atoms with Gasteiger partial charge in [-0.3, -0.25) is 14.3 Å². The van der Waals surface area contributed by atoms with Gasteiger partial charge in [0.05, 0.1) is 0 Å². The van der Waals surface area contributed by atoms with Gasteiger partial charge in [0, 0.05) is 31.0 Å². The van der Waals surface area contributed by atoms with Crippen LogP contribution in [-0.4, -0.2) is 49.8 Å². The van der Waals surface area contributed by atoms with Crippen LogP contribution < -0.4 is 0 Å². The lowest BCUT2D eigenvalue weighted by atomic mass is 10.1. The monoisotopic (exact) mass is 461 g/mol. The van der Waals surface area contributed by atoms with Gasteiger partial charge < -0.3 is 4.90 Å². The lowest BCUT2D eigenvalue weighted by molar-refractivity contribution is -0.141. The molecule has 168 valence electrons. The van der Waals surface area contributed by atoms with E-state index in [0.29, 0.717) is 18.7 Å². The highest BCUT2D eigenvalue weighted by molar-refractivity contribution is 8.00. The molecule has 1 aliphatic rings. The molecule has 0 aliphatic carbocycles. The smallest absolute Gasteiger partial charge is 0.341 e. The number of pyridine rings is 1. The third-order valence-corrected chi connectivity index (χ3v) is 6.43. The van der Waals surface area contributed by atoms with Gasteiger partial charge in [0.25, 0.3) is 0 Å². The van der Waals surface area contributed by atoms with Crippen molar-refractivity contribution in [1.29, 1.82) is 0 Å². The minimum atomic E-state index is -4.47. The second-order valence-electron chi connectivity index (χ2n) is 7.54. The zero-order valence-electron chi connectivity index (χ0n) is 17.2. The first kappa shape index (κ1) is 22.3. The van der Waals surface area contributed by atoms with Crippen molar-refractivity contribution < 1.29 is 18.0 Å². The van der Waals surface area contributed by atoms with Gasteiger partial charge in [-0.25, -0.2) is 0 Å². The van der Waals surface area contributed by atoms with E-state index in [1.165, 1.54) is 12.4 Å². The molecular formula is C22H22F3N5OS. The van der Waals surface area contributed by atoms with Gasteiger partial charge in [0.15, 0.2) is 11.0 Å². The number of carbonyl (C=O) groups is 1. The Kier molecular flexibility index (Phi) is 6.78. The quantitative estimate of drug-likeness (QED) is 0.496. The van der Waals surface area contributed by atoms with Gasteiger partial charge in [-0.05, 0) is 37.0 Å². The van der Waals surface area contributed by atoms with Gasteiger partial charge in [-0.15, -0.1) is 10.2 Å². The molecule has 10 heteroatoms. The number of rotatable bonds is 6. The fraction of sp³-hybridized carbons (Fsp3) is 0.364. The number of hydrogen-bond acceptors (Lipinski definition) is 5. The maximum Gasteiger partial charge on any atom is 0.406 e. The molecule has 0 saturated carbocycles. The van der Waals surface area contributed by atoms with E-state index in [1.807, 2.05) is 30.3 Å². The molecule has 3 aromatic rings. The first-order chi connectivity index (χ1) is 15.4. The third kappa shape index (κ3) is 5.29. The van der Waals surface area contributed by atoms with E-state index in [9.17, 15) is 18.0 Å². The van der Waals surface area contributed by atoms with E-state index in [1.54, 1.807) is 17.0 Å². The second-order valence-corrected chi connectivity index (χ2v) is 8.61. The maximum atomic E-state index is 13.4. The Balaban J connectivity index is 1.71. The highest BCUT2D eigenvalue weighted by atomic mass is 32.2. The van der Waals surface area contributed by atoms with Crippen molar-refractivity contribution in [3.8, 4) is 11.4 Å². The SMILES string of the molecule is O=C(C(Sc1nnc(-c2ccncc2)n1CC(F)(F)F)c1ccccc1)N1CCCCC1. The number of alkyl halides is 3. The summed E-state index contributed by atoms with van der Waals surface area (Å²) >= 11 is 1.01. The summed E-state index contributed by atoms with van der Waals surface area (Å²) in [6.07, 6.45) is 1.42. The molecule has 1 unspecified atom stereocenters. The fourth-order valence-electron chi connectivity index (χ4n) is 3.69. The van der Waals surface area contributed by atoms with E-state index in [2.05, 4.69) is 15.2 Å². The number of amides is 1. The summed E-state index contributed by atoms with van der Waals surface area (Å²) in [5.41, 5.74) is 1.20. The Hall–Kier alpha value is -2.88. The molecule has 32 heavy (non-hydrogen) atoms. The molecule has 3 heterocycles. The zero-order chi connectivity index (χ0) is 22.6. The number of likely N-dealkylation sites (tertiary alicyclic amines) is 1. The number of nitrogens with zero attached hydrogens (tertiary/aromatic N) is 5. The average Bonchev–Trinajstić information content (AvgIpc) is 3.19. The molecule has 0 radical (unpaired) electrons. The third-order valence-electron chi connectivity index (χ3n) is 5.21. The molecule has 1 amide bonds. The molecule has 0 N–H and O–H groups in total. The first-order valence-electron chi connectivity index (χ1n) is 10.3. The molecule has 1 atom stereocenters. The van der Waals surface area contributed by atoms with Crippen LogP contribution in [0.5, 0.6) is 0 Å². The van der Waals surface area contributed by atoms with Crippen LogP contribution >= 0.6 is 11.8 Å². The van der Waals surface area contributed by atoms with Crippen LogP contribution in [0.4, 0.5) is 13.2 Å². The minimum Gasteiger partial charge on any atom is -0.341 e. The second kappa shape index (κ2) is 9.72. The predicted molar refractivity (Wildman–Crippen MR) is 115 cm³/mol. The Labute approximate surface area is 187 Å². The van der Waals surface area contributed by atoms with Crippen LogP contribution in [0.15, 0.2) is 60.0 Å². The Morgan fingerprint density at radius 2 is 1.69 bits per heavy atom. The van der Waals surface area contributed by atoms with Crippen molar-refractivity contribution in [2.45, 2.75) is 42.4 Å². The lowest BCUT2D eigenvalue weighted by Gasteiger charge is -2.30. The number of benzene rings is 1. The Morgan fingerprint density at radius 3 is 2.34 bits per heavy atom. The number of thioether (sulfide) groups is 1. The van der Waals surface area contributed by atoms with E-state index >= 15 is 0 Å². The van der Waals surface area contributed by atoms with E-state index < -0.39 is 18.0 Å². The molecule has 1 fully saturated rings. The summed E-state index contributed by atoms with van der Waals surface area (Å²) in [7, 11) is 0. The Bertz CT molecular complexity index is 1040. The summed E-state index contributed by atoms with van der Waals surface area (Å²) in [5.74, 6) is -0.0302. The van der Waals surface area contributed by atoms with Gasteiger partial charge >= 0.3 is 6.18 Å². The minimum absolute atomic E-state index is 0.0494. The molecule has 1 aliphatic heterocycles. The zero-order valence-corrected chi connectivity index (χ0v) is 18.0. The van der Waals surface area contributed by atoms with Gasteiger partial charge in [0.2, 0.25) is 5.91 Å². The fourth-order valence-corrected chi connectivity index (χ4v) is 4.81. The summed E-state index contributed by atoms with van der Waals surface area (Å²) in [6.45, 7) is 0.0554. The van der Waals surface area contributed by atoms with Crippen LogP contribution in [0.25, 0.3) is 11.4 Å². The lowest BCUT2D eigenvalue weighted by Crippen LogP contribution is -2.38. The van der Waals surface area contributed by atoms with Crippen molar-refractivity contribution in [3.63, 3.8) is 0 Å². The summed E-state index contributed by atoms with van der Waals surface area (Å²) in [4.78, 5) is 19.1. The van der Waals surface area contributed by atoms with Crippen molar-refractivity contribution in [1.82, 2.24) is 24.6 Å².